The van der Waals surface area contributed by atoms with Gasteiger partial charge in [0, 0.05) is 0 Å². The van der Waals surface area contributed by atoms with Crippen molar-refractivity contribution in [3.8, 4) is 0 Å². The molecule has 0 amide bonds. The van der Waals surface area contributed by atoms with E-state index >= 15 is 0 Å². The predicted molar refractivity (Wildman–Crippen MR) is 173 cm³/mol. The Morgan fingerprint density at radius 3 is 0.486 bits per heavy atom. The van der Waals surface area contributed by atoms with E-state index in [1.165, 1.54) is 199 Å². The van der Waals surface area contributed by atoms with Gasteiger partial charge in [0.1, 0.15) is 0 Å². The summed E-state index contributed by atoms with van der Waals surface area (Å²) in [7, 11) is 0. The average Bonchev–Trinajstić information content (AvgIpc) is 2.91. The fourth-order valence-corrected chi connectivity index (χ4v) is 5.21. The molecule has 0 radical (unpaired) electrons. The van der Waals surface area contributed by atoms with Gasteiger partial charge in [-0.25, -0.2) is 0 Å². The zero-order valence-corrected chi connectivity index (χ0v) is 26.5. The highest BCUT2D eigenvalue weighted by molar-refractivity contribution is 4.51. The second-order valence-electron chi connectivity index (χ2n) is 11.8. The van der Waals surface area contributed by atoms with Crippen LogP contribution in [0.1, 0.15) is 213 Å². The quantitative estimate of drug-likeness (QED) is 0.0886. The second-order valence-corrected chi connectivity index (χ2v) is 11.8. The molecule has 226 valence electrons. The molecule has 0 aliphatic heterocycles. The highest BCUT2D eigenvalue weighted by atomic mass is 14.5. The first kappa shape index (κ1) is 39.1. The van der Waals surface area contributed by atoms with E-state index in [4.69, 9.17) is 11.5 Å². The minimum atomic E-state index is 0.873. The molecule has 0 unspecified atom stereocenters. The fraction of sp³-hybridized carbons (Fsp3) is 1.00. The van der Waals surface area contributed by atoms with E-state index < -0.39 is 0 Å². The number of nitrogens with two attached hydrogens (primary N) is 2. The SMILES string of the molecule is CCCCCCCCCCCCCCCCCCN.CCCCCCCCCCCCCCCCCN. The summed E-state index contributed by atoms with van der Waals surface area (Å²) in [5, 5.41) is 0. The van der Waals surface area contributed by atoms with Crippen LogP contribution < -0.4 is 11.5 Å². The summed E-state index contributed by atoms with van der Waals surface area (Å²) < 4.78 is 0. The molecule has 0 saturated heterocycles. The van der Waals surface area contributed by atoms with Crippen molar-refractivity contribution in [2.24, 2.45) is 11.5 Å². The van der Waals surface area contributed by atoms with Crippen LogP contribution in [-0.2, 0) is 0 Å². The highest BCUT2D eigenvalue weighted by Gasteiger charge is 1.95. The maximum absolute atomic E-state index is 5.48. The highest BCUT2D eigenvalue weighted by Crippen LogP contribution is 2.14. The van der Waals surface area contributed by atoms with Crippen LogP contribution in [0, 0.1) is 0 Å². The van der Waals surface area contributed by atoms with Gasteiger partial charge in [0.15, 0.2) is 0 Å². The van der Waals surface area contributed by atoms with Crippen LogP contribution in [-0.4, -0.2) is 13.1 Å². The molecule has 0 heterocycles. The number of rotatable bonds is 31. The number of unbranched alkanes of at least 4 members (excludes halogenated alkanes) is 29. The van der Waals surface area contributed by atoms with Crippen molar-refractivity contribution in [1.29, 1.82) is 0 Å². The third-order valence-corrected chi connectivity index (χ3v) is 7.87. The fourth-order valence-electron chi connectivity index (χ4n) is 5.21. The lowest BCUT2D eigenvalue weighted by molar-refractivity contribution is 0.530. The molecule has 0 aliphatic rings. The van der Waals surface area contributed by atoms with Crippen LogP contribution in [0.5, 0.6) is 0 Å². The lowest BCUT2D eigenvalue weighted by Crippen LogP contribution is -1.97. The molecule has 0 atom stereocenters. The third kappa shape index (κ3) is 43.2. The van der Waals surface area contributed by atoms with Gasteiger partial charge in [0.05, 0.1) is 0 Å². The van der Waals surface area contributed by atoms with Gasteiger partial charge in [0.2, 0.25) is 0 Å². The Morgan fingerprint density at radius 2 is 0.351 bits per heavy atom. The molecule has 0 aromatic carbocycles. The minimum absolute atomic E-state index is 0.873. The zero-order chi connectivity index (χ0) is 27.3. The van der Waals surface area contributed by atoms with Crippen molar-refractivity contribution < 1.29 is 0 Å². The van der Waals surface area contributed by atoms with Gasteiger partial charge in [0.25, 0.3) is 0 Å². The van der Waals surface area contributed by atoms with Gasteiger partial charge in [-0.3, -0.25) is 0 Å². The summed E-state index contributed by atoms with van der Waals surface area (Å²) in [6.45, 7) is 6.32. The van der Waals surface area contributed by atoms with Gasteiger partial charge < -0.3 is 11.5 Å². The van der Waals surface area contributed by atoms with Crippen LogP contribution in [0.2, 0.25) is 0 Å². The molecule has 0 bridgehead atoms. The van der Waals surface area contributed by atoms with E-state index in [9.17, 15) is 0 Å². The van der Waals surface area contributed by atoms with Gasteiger partial charge in [-0.05, 0) is 25.9 Å². The Bertz CT molecular complexity index is 312. The summed E-state index contributed by atoms with van der Waals surface area (Å²) >= 11 is 0. The molecule has 4 N–H and O–H groups in total. The summed E-state index contributed by atoms with van der Waals surface area (Å²) in [5.74, 6) is 0. The molecule has 0 aromatic rings. The molecule has 0 spiro atoms. The summed E-state index contributed by atoms with van der Waals surface area (Å²) in [4.78, 5) is 0. The third-order valence-electron chi connectivity index (χ3n) is 7.87. The first-order valence-corrected chi connectivity index (χ1v) is 17.7. The first-order valence-electron chi connectivity index (χ1n) is 17.7. The zero-order valence-electron chi connectivity index (χ0n) is 26.5. The molecule has 0 saturated carbocycles. The minimum Gasteiger partial charge on any atom is -0.330 e. The normalized spacial score (nSPS) is 11.0. The van der Waals surface area contributed by atoms with Crippen LogP contribution in [0.25, 0.3) is 0 Å². The molecule has 0 aromatic heterocycles. The predicted octanol–water partition coefficient (Wildman–Crippen LogP) is 12.0. The summed E-state index contributed by atoms with van der Waals surface area (Å²) in [5.41, 5.74) is 11.0. The van der Waals surface area contributed by atoms with Crippen molar-refractivity contribution >= 4 is 0 Å². The van der Waals surface area contributed by atoms with Crippen molar-refractivity contribution in [3.05, 3.63) is 0 Å². The van der Waals surface area contributed by atoms with Gasteiger partial charge >= 0.3 is 0 Å². The molecule has 2 heteroatoms. The Hall–Kier alpha value is -0.0800. The number of hydrogen-bond acceptors (Lipinski definition) is 2. The van der Waals surface area contributed by atoms with Crippen LogP contribution in [0.4, 0.5) is 0 Å². The van der Waals surface area contributed by atoms with Crippen molar-refractivity contribution in [2.75, 3.05) is 13.1 Å². The lowest BCUT2D eigenvalue weighted by Gasteiger charge is -2.03. The van der Waals surface area contributed by atoms with Gasteiger partial charge in [-0.2, -0.15) is 0 Å². The van der Waals surface area contributed by atoms with Crippen LogP contribution >= 0.6 is 0 Å². The molecule has 0 aliphatic carbocycles. The van der Waals surface area contributed by atoms with Gasteiger partial charge in [-0.1, -0.05) is 200 Å². The van der Waals surface area contributed by atoms with E-state index in [-0.39, 0.29) is 0 Å². The van der Waals surface area contributed by atoms with E-state index in [1.807, 2.05) is 0 Å². The Kier molecular flexibility index (Phi) is 42.7. The maximum Gasteiger partial charge on any atom is -0.00773 e. The summed E-state index contributed by atoms with van der Waals surface area (Å²) in [6, 6.07) is 0. The Labute approximate surface area is 237 Å². The molecule has 0 fully saturated rings. The maximum atomic E-state index is 5.48. The van der Waals surface area contributed by atoms with Crippen LogP contribution in [0.15, 0.2) is 0 Å². The monoisotopic (exact) mass is 525 g/mol. The van der Waals surface area contributed by atoms with E-state index in [0.717, 1.165) is 13.1 Å². The summed E-state index contributed by atoms with van der Waals surface area (Å²) in [6.07, 6.45) is 44.2. The second kappa shape index (κ2) is 40.4. The topological polar surface area (TPSA) is 52.0 Å². The van der Waals surface area contributed by atoms with Gasteiger partial charge in [-0.15, -0.1) is 0 Å². The molecule has 0 rings (SSSR count). The van der Waals surface area contributed by atoms with E-state index in [2.05, 4.69) is 13.8 Å². The van der Waals surface area contributed by atoms with E-state index in [1.54, 1.807) is 0 Å². The molecular formula is C35H76N2. The Balaban J connectivity index is 0. The molecule has 37 heavy (non-hydrogen) atoms. The van der Waals surface area contributed by atoms with Crippen LogP contribution in [0.3, 0.4) is 0 Å². The Morgan fingerprint density at radius 1 is 0.216 bits per heavy atom. The van der Waals surface area contributed by atoms with Crippen molar-refractivity contribution in [3.63, 3.8) is 0 Å². The number of hydrogen-bond donors (Lipinski definition) is 2. The van der Waals surface area contributed by atoms with Crippen molar-refractivity contribution in [1.82, 2.24) is 0 Å². The molecule has 2 nitrogen and oxygen atoms in total. The average molecular weight is 525 g/mol. The largest absolute Gasteiger partial charge is 0.330 e. The molecular weight excluding hydrogens is 448 g/mol. The smallest absolute Gasteiger partial charge is 0.00773 e. The first-order chi connectivity index (χ1) is 18.3. The van der Waals surface area contributed by atoms with E-state index in [0.29, 0.717) is 0 Å². The van der Waals surface area contributed by atoms with Crippen molar-refractivity contribution in [2.45, 2.75) is 213 Å². The lowest BCUT2D eigenvalue weighted by atomic mass is 10.0. The standard InChI is InChI=1S/C18H39N.C17H37N/c1-2-3-4-5-6-7-8-9-10-11-12-13-14-15-16-17-18-19;1-2-3-4-5-6-7-8-9-10-11-12-13-14-15-16-17-18/h2-19H2,1H3;2-18H2,1H3.